The molecule has 0 aromatic heterocycles. The lowest BCUT2D eigenvalue weighted by Crippen LogP contribution is -2.39. The Hall–Kier alpha value is -2.54. The van der Waals surface area contributed by atoms with E-state index in [1.54, 1.807) is 25.1 Å². The second-order valence-electron chi connectivity index (χ2n) is 8.84. The molecule has 2 aromatic rings. The van der Waals surface area contributed by atoms with Crippen molar-refractivity contribution in [2.24, 2.45) is 0 Å². The zero-order chi connectivity index (χ0) is 23.8. The van der Waals surface area contributed by atoms with Crippen molar-refractivity contribution < 1.29 is 24.1 Å². The van der Waals surface area contributed by atoms with Gasteiger partial charge in [-0.05, 0) is 68.0 Å². The number of likely N-dealkylation sites (tertiary alicyclic amines) is 1. The maximum absolute atomic E-state index is 13.9. The van der Waals surface area contributed by atoms with Crippen LogP contribution in [-0.4, -0.2) is 52.9 Å². The van der Waals surface area contributed by atoms with Crippen LogP contribution in [-0.2, 0) is 16.0 Å². The highest BCUT2D eigenvalue weighted by Gasteiger charge is 2.27. The molecule has 0 radical (unpaired) electrons. The number of carbonyl (C=O) groups is 1. The first-order valence-electron chi connectivity index (χ1n) is 11.6. The van der Waals surface area contributed by atoms with E-state index in [1.807, 2.05) is 43.3 Å². The molecule has 0 unspecified atom stereocenters. The van der Waals surface area contributed by atoms with Crippen molar-refractivity contribution in [2.75, 3.05) is 19.7 Å². The number of ether oxygens (including phenoxy) is 1. The maximum atomic E-state index is 13.9. The van der Waals surface area contributed by atoms with Gasteiger partial charge in [0.2, 0.25) is 0 Å². The largest absolute Gasteiger partial charge is 0.481 e. The number of hydrogen-bond donors (Lipinski definition) is 2. The van der Waals surface area contributed by atoms with Crippen LogP contribution in [0.25, 0.3) is 6.08 Å². The van der Waals surface area contributed by atoms with Crippen LogP contribution in [0.15, 0.2) is 48.5 Å². The fraction of sp³-hybridized carbons (Fsp3) is 0.444. The van der Waals surface area contributed by atoms with Gasteiger partial charge < -0.3 is 14.9 Å². The number of halogens is 1. The quantitative estimate of drug-likeness (QED) is 0.511. The summed E-state index contributed by atoms with van der Waals surface area (Å²) in [7, 11) is 0. The number of aliphatic hydroxyl groups is 1. The van der Waals surface area contributed by atoms with E-state index in [0.29, 0.717) is 18.2 Å². The van der Waals surface area contributed by atoms with E-state index >= 15 is 0 Å². The Morgan fingerprint density at radius 3 is 2.85 bits per heavy atom. The number of carboxylic acid groups (broad SMARTS) is 1. The number of rotatable bonds is 11. The molecule has 0 spiro atoms. The van der Waals surface area contributed by atoms with E-state index in [1.165, 1.54) is 0 Å². The highest BCUT2D eigenvalue weighted by atomic mass is 19.1. The average molecular weight is 456 g/mol. The Labute approximate surface area is 195 Å². The van der Waals surface area contributed by atoms with Crippen LogP contribution in [0.3, 0.4) is 0 Å². The molecular weight excluding hydrogens is 421 g/mol. The summed E-state index contributed by atoms with van der Waals surface area (Å²) in [5.74, 6) is -1.04. The molecule has 0 aliphatic carbocycles. The van der Waals surface area contributed by atoms with Crippen LogP contribution in [0.4, 0.5) is 4.39 Å². The third-order valence-electron chi connectivity index (χ3n) is 6.21. The SMILES string of the molecule is Cc1ccc(C[C@@H]2CCCN2C[C@@H](O)CO[C@H](C)c2ccccc2/C=C/CC(=O)O)cc1F. The summed E-state index contributed by atoms with van der Waals surface area (Å²) < 4.78 is 19.9. The standard InChI is InChI=1S/C27H34FNO4/c1-19-12-13-21(16-26(19)28)15-23-9-6-14-29(23)17-24(30)18-33-20(2)25-10-4-3-7-22(25)8-5-11-27(31)32/h3-5,7-8,10,12-13,16,20,23-24,30H,6,9,11,14-15,17-18H2,1-2H3,(H,31,32)/b8-5+/t20-,23+,24-/m1/s1. The Morgan fingerprint density at radius 2 is 2.09 bits per heavy atom. The molecule has 33 heavy (non-hydrogen) atoms. The highest BCUT2D eigenvalue weighted by molar-refractivity contribution is 5.70. The summed E-state index contributed by atoms with van der Waals surface area (Å²) in [6, 6.07) is 13.4. The number of β-amino-alcohol motifs (C(OH)–C–C–N with tert-alkyl or cyclic N) is 1. The van der Waals surface area contributed by atoms with Gasteiger partial charge in [0, 0.05) is 12.6 Å². The molecule has 2 N–H and O–H groups in total. The predicted molar refractivity (Wildman–Crippen MR) is 128 cm³/mol. The monoisotopic (exact) mass is 455 g/mol. The number of hydrogen-bond acceptors (Lipinski definition) is 4. The average Bonchev–Trinajstić information content (AvgIpc) is 3.21. The van der Waals surface area contributed by atoms with Crippen molar-refractivity contribution in [2.45, 2.75) is 57.8 Å². The van der Waals surface area contributed by atoms with Gasteiger partial charge in [-0.3, -0.25) is 9.69 Å². The Bertz CT molecular complexity index is 961. The molecule has 1 fully saturated rings. The first-order valence-corrected chi connectivity index (χ1v) is 11.6. The summed E-state index contributed by atoms with van der Waals surface area (Å²) in [5.41, 5.74) is 3.50. The molecular formula is C27H34FNO4. The minimum Gasteiger partial charge on any atom is -0.481 e. The van der Waals surface area contributed by atoms with Crippen molar-refractivity contribution in [3.63, 3.8) is 0 Å². The fourth-order valence-electron chi connectivity index (χ4n) is 4.39. The van der Waals surface area contributed by atoms with Gasteiger partial charge in [0.25, 0.3) is 0 Å². The molecule has 3 atom stereocenters. The van der Waals surface area contributed by atoms with Gasteiger partial charge in [0.05, 0.1) is 25.2 Å². The molecule has 0 amide bonds. The lowest BCUT2D eigenvalue weighted by molar-refractivity contribution is -0.135. The fourth-order valence-corrected chi connectivity index (χ4v) is 4.39. The maximum Gasteiger partial charge on any atom is 0.307 e. The Kier molecular flexibility index (Phi) is 9.18. The van der Waals surface area contributed by atoms with Crippen LogP contribution >= 0.6 is 0 Å². The van der Waals surface area contributed by atoms with Gasteiger partial charge in [-0.1, -0.05) is 48.6 Å². The second-order valence-corrected chi connectivity index (χ2v) is 8.84. The molecule has 1 heterocycles. The number of aliphatic hydroxyl groups excluding tert-OH is 1. The zero-order valence-electron chi connectivity index (χ0n) is 19.4. The Morgan fingerprint density at radius 1 is 1.30 bits per heavy atom. The molecule has 2 aromatic carbocycles. The number of benzene rings is 2. The summed E-state index contributed by atoms with van der Waals surface area (Å²) in [4.78, 5) is 13.0. The van der Waals surface area contributed by atoms with E-state index in [9.17, 15) is 14.3 Å². The third kappa shape index (κ3) is 7.49. The molecule has 5 nitrogen and oxygen atoms in total. The van der Waals surface area contributed by atoms with Crippen molar-refractivity contribution in [3.8, 4) is 0 Å². The van der Waals surface area contributed by atoms with Crippen molar-refractivity contribution in [1.82, 2.24) is 4.90 Å². The molecule has 0 bridgehead atoms. The highest BCUT2D eigenvalue weighted by Crippen LogP contribution is 2.25. The van der Waals surface area contributed by atoms with Crippen molar-refractivity contribution in [1.29, 1.82) is 0 Å². The number of aliphatic carboxylic acids is 1. The van der Waals surface area contributed by atoms with E-state index in [0.717, 1.165) is 42.5 Å². The minimum absolute atomic E-state index is 0.0332. The number of nitrogens with zero attached hydrogens (tertiary/aromatic N) is 1. The molecule has 1 aliphatic heterocycles. The van der Waals surface area contributed by atoms with Crippen LogP contribution in [0.2, 0.25) is 0 Å². The third-order valence-corrected chi connectivity index (χ3v) is 6.21. The smallest absolute Gasteiger partial charge is 0.307 e. The molecule has 1 saturated heterocycles. The first kappa shape index (κ1) is 25.1. The van der Waals surface area contributed by atoms with E-state index in [2.05, 4.69) is 4.90 Å². The second kappa shape index (κ2) is 12.1. The van der Waals surface area contributed by atoms with Gasteiger partial charge >= 0.3 is 5.97 Å². The van der Waals surface area contributed by atoms with E-state index in [-0.39, 0.29) is 24.9 Å². The van der Waals surface area contributed by atoms with Crippen LogP contribution in [0, 0.1) is 12.7 Å². The van der Waals surface area contributed by atoms with Gasteiger partial charge in [-0.2, -0.15) is 0 Å². The van der Waals surface area contributed by atoms with Crippen LogP contribution in [0.1, 0.15) is 54.5 Å². The normalized spacial score (nSPS) is 18.6. The van der Waals surface area contributed by atoms with E-state index in [4.69, 9.17) is 9.84 Å². The summed E-state index contributed by atoms with van der Waals surface area (Å²) in [5, 5.41) is 19.5. The van der Waals surface area contributed by atoms with Gasteiger partial charge in [0.1, 0.15) is 5.82 Å². The molecule has 1 aliphatic rings. The Balaban J connectivity index is 1.52. The van der Waals surface area contributed by atoms with Gasteiger partial charge in [-0.15, -0.1) is 0 Å². The topological polar surface area (TPSA) is 70.0 Å². The van der Waals surface area contributed by atoms with Crippen LogP contribution < -0.4 is 0 Å². The van der Waals surface area contributed by atoms with Crippen molar-refractivity contribution >= 4 is 12.0 Å². The van der Waals surface area contributed by atoms with Crippen molar-refractivity contribution in [3.05, 3.63) is 76.6 Å². The van der Waals surface area contributed by atoms with Gasteiger partial charge in [0.15, 0.2) is 0 Å². The number of aryl methyl sites for hydroxylation is 1. The molecule has 0 saturated carbocycles. The van der Waals surface area contributed by atoms with E-state index < -0.39 is 12.1 Å². The number of carboxylic acids is 1. The summed E-state index contributed by atoms with van der Waals surface area (Å²) in [6.45, 7) is 5.34. The predicted octanol–water partition coefficient (Wildman–Crippen LogP) is 4.77. The summed E-state index contributed by atoms with van der Waals surface area (Å²) >= 11 is 0. The lowest BCUT2D eigenvalue weighted by atomic mass is 10.0. The molecule has 3 rings (SSSR count). The van der Waals surface area contributed by atoms with Crippen LogP contribution in [0.5, 0.6) is 0 Å². The minimum atomic E-state index is -0.871. The molecule has 178 valence electrons. The summed E-state index contributed by atoms with van der Waals surface area (Å²) in [6.07, 6.45) is 5.40. The molecule has 6 heteroatoms. The first-order chi connectivity index (χ1) is 15.8. The zero-order valence-corrected chi connectivity index (χ0v) is 19.4. The lowest BCUT2D eigenvalue weighted by Gasteiger charge is -2.27. The van der Waals surface area contributed by atoms with Gasteiger partial charge in [-0.25, -0.2) is 4.39 Å².